The van der Waals surface area contributed by atoms with Gasteiger partial charge in [-0.25, -0.2) is 0 Å². The van der Waals surface area contributed by atoms with Gasteiger partial charge in [-0.2, -0.15) is 0 Å². The second-order valence-electron chi connectivity index (χ2n) is 6.59. The Bertz CT molecular complexity index is 391. The van der Waals surface area contributed by atoms with Crippen LogP contribution in [0.4, 0.5) is 5.69 Å². The van der Waals surface area contributed by atoms with Crippen LogP contribution in [-0.4, -0.2) is 25.7 Å². The minimum atomic E-state index is 0.352. The Balaban J connectivity index is 2.85. The van der Waals surface area contributed by atoms with Crippen LogP contribution in [0.3, 0.4) is 0 Å². The number of hydrogen-bond donors (Lipinski definition) is 1. The van der Waals surface area contributed by atoms with Crippen molar-refractivity contribution >= 4 is 5.69 Å². The minimum absolute atomic E-state index is 0.352. The first-order valence-electron chi connectivity index (χ1n) is 8.51. The Labute approximate surface area is 131 Å². The Morgan fingerprint density at radius 3 is 2.05 bits per heavy atom. The number of nitrogens with one attached hydrogen (secondary N) is 1. The molecule has 1 aromatic rings. The third-order valence-electron chi connectivity index (χ3n) is 4.69. The smallest absolute Gasteiger partial charge is 0.0366 e. The van der Waals surface area contributed by atoms with Crippen molar-refractivity contribution in [3.8, 4) is 0 Å². The average molecular weight is 290 g/mol. The molecule has 1 aromatic carbocycles. The number of nitrogens with zero attached hydrogens (tertiary/aromatic N) is 1. The van der Waals surface area contributed by atoms with Crippen molar-refractivity contribution in [2.75, 3.05) is 24.5 Å². The summed E-state index contributed by atoms with van der Waals surface area (Å²) in [5, 5.41) is 3.65. The van der Waals surface area contributed by atoms with Crippen molar-refractivity contribution in [3.63, 3.8) is 0 Å². The summed E-state index contributed by atoms with van der Waals surface area (Å²) in [4.78, 5) is 2.52. The third-order valence-corrected chi connectivity index (χ3v) is 4.69. The summed E-state index contributed by atoms with van der Waals surface area (Å²) < 4.78 is 0. The van der Waals surface area contributed by atoms with E-state index in [1.807, 2.05) is 0 Å². The van der Waals surface area contributed by atoms with Gasteiger partial charge in [0.25, 0.3) is 0 Å². The standard InChI is InChI=1S/C19H34N2/c1-7-19(8-2,14-20-16(4)5)15-21(9-3)18-12-10-17(6)11-13-18/h10-13,16,20H,7-9,14-15H2,1-6H3. The summed E-state index contributed by atoms with van der Waals surface area (Å²) in [5.41, 5.74) is 3.03. The molecule has 0 heterocycles. The number of anilines is 1. The quantitative estimate of drug-likeness (QED) is 0.713. The molecule has 0 saturated carbocycles. The highest BCUT2D eigenvalue weighted by Gasteiger charge is 2.28. The van der Waals surface area contributed by atoms with E-state index >= 15 is 0 Å². The van der Waals surface area contributed by atoms with E-state index in [-0.39, 0.29) is 0 Å². The second kappa shape index (κ2) is 8.43. The van der Waals surface area contributed by atoms with E-state index in [1.54, 1.807) is 0 Å². The molecule has 2 nitrogen and oxygen atoms in total. The maximum absolute atomic E-state index is 3.65. The lowest BCUT2D eigenvalue weighted by atomic mass is 9.81. The largest absolute Gasteiger partial charge is 0.371 e. The van der Waals surface area contributed by atoms with Gasteiger partial charge in [-0.15, -0.1) is 0 Å². The van der Waals surface area contributed by atoms with Gasteiger partial charge in [-0.1, -0.05) is 45.4 Å². The van der Waals surface area contributed by atoms with E-state index in [2.05, 4.69) is 76.0 Å². The Morgan fingerprint density at radius 1 is 1.05 bits per heavy atom. The molecule has 0 amide bonds. The molecule has 120 valence electrons. The van der Waals surface area contributed by atoms with Crippen molar-refractivity contribution in [1.82, 2.24) is 5.32 Å². The van der Waals surface area contributed by atoms with Crippen LogP contribution in [0.2, 0.25) is 0 Å². The first-order valence-corrected chi connectivity index (χ1v) is 8.51. The predicted octanol–water partition coefficient (Wildman–Crippen LogP) is 4.63. The van der Waals surface area contributed by atoms with Gasteiger partial charge < -0.3 is 10.2 Å². The highest BCUT2D eigenvalue weighted by atomic mass is 15.1. The number of rotatable bonds is 9. The van der Waals surface area contributed by atoms with Crippen LogP contribution in [0.1, 0.15) is 53.0 Å². The molecule has 2 heteroatoms. The van der Waals surface area contributed by atoms with Crippen molar-refractivity contribution in [3.05, 3.63) is 29.8 Å². The summed E-state index contributed by atoms with van der Waals surface area (Å²) in [5.74, 6) is 0. The van der Waals surface area contributed by atoms with E-state index in [1.165, 1.54) is 24.1 Å². The van der Waals surface area contributed by atoms with Gasteiger partial charge in [0.15, 0.2) is 0 Å². The van der Waals surface area contributed by atoms with E-state index in [9.17, 15) is 0 Å². The van der Waals surface area contributed by atoms with Gasteiger partial charge in [-0.05, 0) is 44.2 Å². The first kappa shape index (κ1) is 18.0. The molecule has 1 rings (SSSR count). The Morgan fingerprint density at radius 2 is 1.62 bits per heavy atom. The third kappa shape index (κ3) is 5.35. The van der Waals surface area contributed by atoms with Gasteiger partial charge in [0.1, 0.15) is 0 Å². The second-order valence-corrected chi connectivity index (χ2v) is 6.59. The SMILES string of the molecule is CCN(CC(CC)(CC)CNC(C)C)c1ccc(C)cc1. The number of benzene rings is 1. The van der Waals surface area contributed by atoms with Crippen LogP contribution < -0.4 is 10.2 Å². The van der Waals surface area contributed by atoms with Crippen LogP contribution in [0.5, 0.6) is 0 Å². The van der Waals surface area contributed by atoms with Crippen molar-refractivity contribution in [2.24, 2.45) is 5.41 Å². The highest BCUT2D eigenvalue weighted by Crippen LogP contribution is 2.29. The fourth-order valence-electron chi connectivity index (χ4n) is 2.75. The van der Waals surface area contributed by atoms with Gasteiger partial charge in [-0.3, -0.25) is 0 Å². The van der Waals surface area contributed by atoms with Crippen molar-refractivity contribution < 1.29 is 0 Å². The molecule has 0 unspecified atom stereocenters. The summed E-state index contributed by atoms with van der Waals surface area (Å²) in [6.07, 6.45) is 2.43. The molecule has 0 spiro atoms. The average Bonchev–Trinajstić information content (AvgIpc) is 2.49. The van der Waals surface area contributed by atoms with E-state index in [0.717, 1.165) is 19.6 Å². The van der Waals surface area contributed by atoms with Crippen molar-refractivity contribution in [1.29, 1.82) is 0 Å². The van der Waals surface area contributed by atoms with Crippen LogP contribution in [-0.2, 0) is 0 Å². The van der Waals surface area contributed by atoms with Crippen LogP contribution in [0, 0.1) is 12.3 Å². The Hall–Kier alpha value is -1.02. The maximum Gasteiger partial charge on any atom is 0.0366 e. The molecule has 0 aliphatic rings. The zero-order chi connectivity index (χ0) is 15.9. The highest BCUT2D eigenvalue weighted by molar-refractivity contribution is 5.47. The lowest BCUT2D eigenvalue weighted by molar-refractivity contribution is 0.246. The fraction of sp³-hybridized carbons (Fsp3) is 0.684. The maximum atomic E-state index is 3.65. The number of aryl methyl sites for hydroxylation is 1. The van der Waals surface area contributed by atoms with Crippen molar-refractivity contribution in [2.45, 2.75) is 60.4 Å². The normalized spacial score (nSPS) is 12.0. The van der Waals surface area contributed by atoms with Crippen LogP contribution in [0.15, 0.2) is 24.3 Å². The zero-order valence-electron chi connectivity index (χ0n) is 14.9. The lowest BCUT2D eigenvalue weighted by Gasteiger charge is -2.39. The topological polar surface area (TPSA) is 15.3 Å². The lowest BCUT2D eigenvalue weighted by Crippen LogP contribution is -2.45. The summed E-state index contributed by atoms with van der Waals surface area (Å²) in [6.45, 7) is 16.8. The summed E-state index contributed by atoms with van der Waals surface area (Å²) in [6, 6.07) is 9.49. The molecule has 0 aliphatic carbocycles. The van der Waals surface area contributed by atoms with E-state index < -0.39 is 0 Å². The van der Waals surface area contributed by atoms with Crippen LogP contribution in [0.25, 0.3) is 0 Å². The summed E-state index contributed by atoms with van der Waals surface area (Å²) >= 11 is 0. The van der Waals surface area contributed by atoms with Crippen LogP contribution >= 0.6 is 0 Å². The predicted molar refractivity (Wildman–Crippen MR) is 95.2 cm³/mol. The zero-order valence-corrected chi connectivity index (χ0v) is 14.9. The molecular weight excluding hydrogens is 256 g/mol. The molecule has 0 radical (unpaired) electrons. The van der Waals surface area contributed by atoms with Gasteiger partial charge >= 0.3 is 0 Å². The summed E-state index contributed by atoms with van der Waals surface area (Å²) in [7, 11) is 0. The first-order chi connectivity index (χ1) is 9.96. The van der Waals surface area contributed by atoms with Gasteiger partial charge in [0.05, 0.1) is 0 Å². The molecule has 0 aliphatic heterocycles. The number of hydrogen-bond acceptors (Lipinski definition) is 2. The van der Waals surface area contributed by atoms with E-state index in [4.69, 9.17) is 0 Å². The monoisotopic (exact) mass is 290 g/mol. The molecule has 1 N–H and O–H groups in total. The minimum Gasteiger partial charge on any atom is -0.371 e. The molecule has 0 saturated heterocycles. The van der Waals surface area contributed by atoms with Gasteiger partial charge in [0.2, 0.25) is 0 Å². The van der Waals surface area contributed by atoms with E-state index in [0.29, 0.717) is 11.5 Å². The molecule has 0 aromatic heterocycles. The molecule has 0 bridgehead atoms. The molecule has 0 fully saturated rings. The molecule has 0 atom stereocenters. The fourth-order valence-corrected chi connectivity index (χ4v) is 2.75. The Kier molecular flexibility index (Phi) is 7.24. The molecular formula is C19H34N2. The van der Waals surface area contributed by atoms with Gasteiger partial charge in [0, 0.05) is 31.4 Å². The molecule has 21 heavy (non-hydrogen) atoms.